The molecule has 0 bridgehead atoms. The van der Waals surface area contributed by atoms with Crippen LogP contribution >= 0.6 is 0 Å². The molecule has 0 saturated carbocycles. The largest absolute Gasteiger partial charge is 0.398 e. The Balaban J connectivity index is 2.03. The fourth-order valence-electron chi connectivity index (χ4n) is 1.60. The molecule has 4 heteroatoms. The van der Waals surface area contributed by atoms with Crippen LogP contribution in [-0.4, -0.2) is 5.91 Å². The minimum atomic E-state index is -0.429. The van der Waals surface area contributed by atoms with Gasteiger partial charge in [-0.15, -0.1) is 0 Å². The van der Waals surface area contributed by atoms with Gasteiger partial charge in [0, 0.05) is 17.8 Å². The van der Waals surface area contributed by atoms with Gasteiger partial charge in [-0.2, -0.15) is 0 Å². The molecule has 18 heavy (non-hydrogen) atoms. The highest BCUT2D eigenvalue weighted by molar-refractivity contribution is 5.94. The molecule has 0 aromatic heterocycles. The van der Waals surface area contributed by atoms with Gasteiger partial charge in [0.05, 0.1) is 0 Å². The van der Waals surface area contributed by atoms with Gasteiger partial charge in [0.2, 0.25) is 0 Å². The number of carbonyl (C=O) groups excluding carboxylic acids is 1. The number of nitrogen functional groups attached to an aromatic ring is 1. The molecule has 0 aliphatic heterocycles. The van der Waals surface area contributed by atoms with Crippen molar-refractivity contribution in [3.8, 4) is 0 Å². The van der Waals surface area contributed by atoms with Gasteiger partial charge < -0.3 is 11.1 Å². The van der Waals surface area contributed by atoms with Crippen LogP contribution in [0.2, 0.25) is 0 Å². The first kappa shape index (κ1) is 12.1. The second-order valence-corrected chi connectivity index (χ2v) is 3.89. The highest BCUT2D eigenvalue weighted by atomic mass is 19.1. The molecular formula is C14H13FN2O. The predicted molar refractivity (Wildman–Crippen MR) is 68.4 cm³/mol. The summed E-state index contributed by atoms with van der Waals surface area (Å²) in [5.74, 6) is -0.750. The Labute approximate surface area is 104 Å². The molecule has 0 fully saturated rings. The van der Waals surface area contributed by atoms with Crippen LogP contribution in [0.4, 0.5) is 10.1 Å². The lowest BCUT2D eigenvalue weighted by Crippen LogP contribution is -2.23. The number of amides is 1. The summed E-state index contributed by atoms with van der Waals surface area (Å²) in [4.78, 5) is 11.8. The molecule has 3 nitrogen and oxygen atoms in total. The highest BCUT2D eigenvalue weighted by Gasteiger charge is 2.06. The Morgan fingerprint density at radius 1 is 1.17 bits per heavy atom. The smallest absolute Gasteiger partial charge is 0.251 e. The molecule has 2 rings (SSSR count). The molecule has 92 valence electrons. The molecule has 0 aliphatic rings. The van der Waals surface area contributed by atoms with E-state index in [4.69, 9.17) is 5.73 Å². The van der Waals surface area contributed by atoms with E-state index in [1.807, 2.05) is 18.2 Å². The van der Waals surface area contributed by atoms with Crippen molar-refractivity contribution >= 4 is 11.6 Å². The van der Waals surface area contributed by atoms with Gasteiger partial charge in [0.1, 0.15) is 5.82 Å². The lowest BCUT2D eigenvalue weighted by Gasteiger charge is -2.07. The number of anilines is 1. The molecule has 3 N–H and O–H groups in total. The van der Waals surface area contributed by atoms with Crippen LogP contribution in [0.15, 0.2) is 48.5 Å². The van der Waals surface area contributed by atoms with Crippen molar-refractivity contribution in [1.29, 1.82) is 0 Å². The Hall–Kier alpha value is -2.36. The van der Waals surface area contributed by atoms with Crippen LogP contribution in [0.5, 0.6) is 0 Å². The second kappa shape index (κ2) is 5.31. The van der Waals surface area contributed by atoms with Crippen molar-refractivity contribution in [1.82, 2.24) is 5.32 Å². The lowest BCUT2D eigenvalue weighted by molar-refractivity contribution is 0.0950. The van der Waals surface area contributed by atoms with Gasteiger partial charge in [-0.3, -0.25) is 4.79 Å². The van der Waals surface area contributed by atoms with Gasteiger partial charge in [0.15, 0.2) is 0 Å². The minimum absolute atomic E-state index is 0.296. The number of hydrogen-bond acceptors (Lipinski definition) is 2. The van der Waals surface area contributed by atoms with Gasteiger partial charge in [0.25, 0.3) is 5.91 Å². The fraction of sp³-hybridized carbons (Fsp3) is 0.0714. The number of carbonyl (C=O) groups is 1. The second-order valence-electron chi connectivity index (χ2n) is 3.89. The maximum absolute atomic E-state index is 13.0. The first-order chi connectivity index (χ1) is 8.66. The molecule has 2 aromatic rings. The van der Waals surface area contributed by atoms with Crippen LogP contribution in [0, 0.1) is 5.82 Å². The molecule has 0 spiro atoms. The molecule has 2 aromatic carbocycles. The van der Waals surface area contributed by atoms with E-state index in [1.165, 1.54) is 18.2 Å². The standard InChI is InChI=1S/C14H13FN2O/c15-12-6-3-5-10(8-12)14(18)17-9-11-4-1-2-7-13(11)16/h1-8H,9,16H2,(H,17,18). The Morgan fingerprint density at radius 3 is 2.67 bits per heavy atom. The van der Waals surface area contributed by atoms with E-state index in [2.05, 4.69) is 5.32 Å². The molecule has 0 aliphatic carbocycles. The summed E-state index contributed by atoms with van der Waals surface area (Å²) in [6.45, 7) is 0.321. The quantitative estimate of drug-likeness (QED) is 0.814. The van der Waals surface area contributed by atoms with Crippen LogP contribution in [0.25, 0.3) is 0 Å². The Bertz CT molecular complexity index is 569. The van der Waals surface area contributed by atoms with Crippen molar-refractivity contribution in [3.63, 3.8) is 0 Å². The number of rotatable bonds is 3. The third kappa shape index (κ3) is 2.85. The van der Waals surface area contributed by atoms with Crippen LogP contribution in [-0.2, 0) is 6.54 Å². The molecule has 0 radical (unpaired) electrons. The van der Waals surface area contributed by atoms with Crippen molar-refractivity contribution in [3.05, 3.63) is 65.5 Å². The first-order valence-electron chi connectivity index (χ1n) is 5.54. The summed E-state index contributed by atoms with van der Waals surface area (Å²) in [6.07, 6.45) is 0. The van der Waals surface area contributed by atoms with E-state index < -0.39 is 5.82 Å². The maximum atomic E-state index is 13.0. The van der Waals surface area contributed by atoms with Gasteiger partial charge in [-0.1, -0.05) is 24.3 Å². The van der Waals surface area contributed by atoms with E-state index in [-0.39, 0.29) is 5.91 Å². The van der Waals surface area contributed by atoms with Crippen molar-refractivity contribution in [2.45, 2.75) is 6.54 Å². The maximum Gasteiger partial charge on any atom is 0.251 e. The van der Waals surface area contributed by atoms with E-state index in [1.54, 1.807) is 12.1 Å². The third-order valence-electron chi connectivity index (χ3n) is 2.58. The first-order valence-corrected chi connectivity index (χ1v) is 5.54. The fourth-order valence-corrected chi connectivity index (χ4v) is 1.60. The Kier molecular flexibility index (Phi) is 3.57. The third-order valence-corrected chi connectivity index (χ3v) is 2.58. The van der Waals surface area contributed by atoms with E-state index in [0.717, 1.165) is 5.56 Å². The zero-order valence-electron chi connectivity index (χ0n) is 9.69. The Morgan fingerprint density at radius 2 is 1.94 bits per heavy atom. The molecule has 0 atom stereocenters. The van der Waals surface area contributed by atoms with Crippen LogP contribution in [0.1, 0.15) is 15.9 Å². The van der Waals surface area contributed by atoms with Crippen LogP contribution in [0.3, 0.4) is 0 Å². The molecule has 1 amide bonds. The minimum Gasteiger partial charge on any atom is -0.398 e. The van der Waals surface area contributed by atoms with Crippen molar-refractivity contribution in [2.75, 3.05) is 5.73 Å². The normalized spacial score (nSPS) is 10.1. The number of nitrogens with two attached hydrogens (primary N) is 1. The lowest BCUT2D eigenvalue weighted by atomic mass is 10.1. The SMILES string of the molecule is Nc1ccccc1CNC(=O)c1cccc(F)c1. The summed E-state index contributed by atoms with van der Waals surface area (Å²) in [6, 6.07) is 12.8. The van der Waals surface area contributed by atoms with Crippen LogP contribution < -0.4 is 11.1 Å². The zero-order chi connectivity index (χ0) is 13.0. The number of hydrogen-bond donors (Lipinski definition) is 2. The number of benzene rings is 2. The van der Waals surface area contributed by atoms with Crippen molar-refractivity contribution < 1.29 is 9.18 Å². The highest BCUT2D eigenvalue weighted by Crippen LogP contribution is 2.10. The summed E-state index contributed by atoms with van der Waals surface area (Å²) in [7, 11) is 0. The van der Waals surface area contributed by atoms with Gasteiger partial charge in [-0.05, 0) is 29.8 Å². The van der Waals surface area contributed by atoms with Gasteiger partial charge >= 0.3 is 0 Å². The summed E-state index contributed by atoms with van der Waals surface area (Å²) in [5, 5.41) is 2.70. The number of para-hydroxylation sites is 1. The van der Waals surface area contributed by atoms with Gasteiger partial charge in [-0.25, -0.2) is 4.39 Å². The summed E-state index contributed by atoms with van der Waals surface area (Å²) < 4.78 is 13.0. The predicted octanol–water partition coefficient (Wildman–Crippen LogP) is 2.34. The number of nitrogens with one attached hydrogen (secondary N) is 1. The van der Waals surface area contributed by atoms with Crippen molar-refractivity contribution in [2.24, 2.45) is 0 Å². The molecule has 0 saturated heterocycles. The zero-order valence-corrected chi connectivity index (χ0v) is 9.69. The monoisotopic (exact) mass is 244 g/mol. The summed E-state index contributed by atoms with van der Waals surface area (Å²) >= 11 is 0. The molecule has 0 unspecified atom stereocenters. The van der Waals surface area contributed by atoms with E-state index in [9.17, 15) is 9.18 Å². The van der Waals surface area contributed by atoms with E-state index >= 15 is 0 Å². The average Bonchev–Trinajstić information content (AvgIpc) is 2.37. The average molecular weight is 244 g/mol. The number of halogens is 1. The topological polar surface area (TPSA) is 55.1 Å². The summed E-state index contributed by atoms with van der Waals surface area (Å²) in [5.41, 5.74) is 7.51. The van der Waals surface area contributed by atoms with E-state index in [0.29, 0.717) is 17.8 Å². The molecule has 0 heterocycles. The molecular weight excluding hydrogens is 231 g/mol.